The molecule has 2 aromatic carbocycles. The molecule has 3 heterocycles. The van der Waals surface area contributed by atoms with Gasteiger partial charge in [0.15, 0.2) is 0 Å². The highest BCUT2D eigenvalue weighted by Gasteiger charge is 2.32. The molecule has 0 spiro atoms. The molecule has 2 aromatic rings. The third-order valence-electron chi connectivity index (χ3n) is 5.87. The van der Waals surface area contributed by atoms with Crippen LogP contribution in [0.15, 0.2) is 42.5 Å². The Bertz CT molecular complexity index is 1010. The van der Waals surface area contributed by atoms with Crippen molar-refractivity contribution in [3.63, 3.8) is 0 Å². The molecule has 0 saturated carbocycles. The van der Waals surface area contributed by atoms with Crippen molar-refractivity contribution in [2.75, 3.05) is 36.8 Å². The lowest BCUT2D eigenvalue weighted by molar-refractivity contribution is -0.110. The number of anilines is 2. The number of fused-ring (bicyclic) bond motifs is 2. The van der Waals surface area contributed by atoms with E-state index in [0.29, 0.717) is 17.9 Å². The van der Waals surface area contributed by atoms with Gasteiger partial charge in [0.2, 0.25) is 0 Å². The lowest BCUT2D eigenvalue weighted by atomic mass is 10.0. The zero-order valence-electron chi connectivity index (χ0n) is 17.4. The maximum Gasteiger partial charge on any atom is 0.260 e. The average molecular weight is 405 g/mol. The molecule has 5 rings (SSSR count). The number of carbonyl (C=O) groups is 1. The predicted octanol–water partition coefficient (Wildman–Crippen LogP) is 3.56. The van der Waals surface area contributed by atoms with E-state index >= 15 is 0 Å². The van der Waals surface area contributed by atoms with E-state index < -0.39 is 0 Å². The van der Waals surface area contributed by atoms with Crippen LogP contribution < -0.4 is 10.6 Å². The average Bonchev–Trinajstić information content (AvgIpc) is 3.26. The summed E-state index contributed by atoms with van der Waals surface area (Å²) in [5, 5.41) is 6.46. The van der Waals surface area contributed by atoms with Gasteiger partial charge in [-0.2, -0.15) is 0 Å². The van der Waals surface area contributed by atoms with Gasteiger partial charge >= 0.3 is 0 Å². The summed E-state index contributed by atoms with van der Waals surface area (Å²) in [6.45, 7) is 8.56. The van der Waals surface area contributed by atoms with Crippen LogP contribution in [-0.4, -0.2) is 49.2 Å². The van der Waals surface area contributed by atoms with Crippen molar-refractivity contribution >= 4 is 28.6 Å². The second-order valence-electron chi connectivity index (χ2n) is 8.31. The summed E-state index contributed by atoms with van der Waals surface area (Å²) in [6, 6.07) is 14.0. The monoisotopic (exact) mass is 405 g/mol. The molecular formula is C24H27N3O3. The van der Waals surface area contributed by atoms with Crippen molar-refractivity contribution in [3.05, 3.63) is 59.2 Å². The minimum absolute atomic E-state index is 0.102. The van der Waals surface area contributed by atoms with E-state index in [1.54, 1.807) is 0 Å². The van der Waals surface area contributed by atoms with Crippen LogP contribution in [0.1, 0.15) is 30.5 Å². The number of rotatable bonds is 4. The van der Waals surface area contributed by atoms with Gasteiger partial charge in [-0.3, -0.25) is 9.69 Å². The minimum atomic E-state index is -0.102. The van der Waals surface area contributed by atoms with Crippen LogP contribution in [0.4, 0.5) is 11.4 Å². The SMILES string of the molecule is CC1CN(CCNc2ccc3c(c2)CO/C3=C2/C(=O)Nc3ccccc32)CC(C)O1. The molecule has 2 atom stereocenters. The quantitative estimate of drug-likeness (QED) is 0.762. The highest BCUT2D eigenvalue weighted by atomic mass is 16.5. The van der Waals surface area contributed by atoms with Gasteiger partial charge < -0.3 is 20.1 Å². The highest BCUT2D eigenvalue weighted by Crippen LogP contribution is 2.41. The van der Waals surface area contributed by atoms with Crippen LogP contribution >= 0.6 is 0 Å². The maximum absolute atomic E-state index is 12.6. The third kappa shape index (κ3) is 3.57. The van der Waals surface area contributed by atoms with Gasteiger partial charge in [0, 0.05) is 54.2 Å². The smallest absolute Gasteiger partial charge is 0.260 e. The van der Waals surface area contributed by atoms with Gasteiger partial charge in [0.25, 0.3) is 5.91 Å². The Balaban J connectivity index is 1.30. The lowest BCUT2D eigenvalue weighted by Gasteiger charge is -2.35. The Morgan fingerprint density at radius 1 is 1.10 bits per heavy atom. The number of nitrogens with zero attached hydrogens (tertiary/aromatic N) is 1. The Morgan fingerprint density at radius 2 is 1.90 bits per heavy atom. The van der Waals surface area contributed by atoms with E-state index in [1.807, 2.05) is 24.3 Å². The summed E-state index contributed by atoms with van der Waals surface area (Å²) in [7, 11) is 0. The van der Waals surface area contributed by atoms with E-state index in [1.165, 1.54) is 0 Å². The topological polar surface area (TPSA) is 62.8 Å². The molecule has 30 heavy (non-hydrogen) atoms. The fraction of sp³-hybridized carbons (Fsp3) is 0.375. The molecule has 1 amide bonds. The lowest BCUT2D eigenvalue weighted by Crippen LogP contribution is -2.46. The predicted molar refractivity (Wildman–Crippen MR) is 118 cm³/mol. The Kier molecular flexibility index (Phi) is 4.97. The number of ether oxygens (including phenoxy) is 2. The first kappa shape index (κ1) is 19.2. The molecule has 2 N–H and O–H groups in total. The number of nitrogens with one attached hydrogen (secondary N) is 2. The van der Waals surface area contributed by atoms with Crippen LogP contribution in [-0.2, 0) is 20.9 Å². The zero-order chi connectivity index (χ0) is 20.7. The normalized spacial score (nSPS) is 25.5. The van der Waals surface area contributed by atoms with Crippen LogP contribution in [0, 0.1) is 0 Å². The number of morpholine rings is 1. The molecule has 1 fully saturated rings. The fourth-order valence-electron chi connectivity index (χ4n) is 4.65. The van der Waals surface area contributed by atoms with Gasteiger partial charge in [-0.1, -0.05) is 18.2 Å². The summed E-state index contributed by atoms with van der Waals surface area (Å²) in [4.78, 5) is 15.0. The Labute approximate surface area is 176 Å². The molecule has 0 radical (unpaired) electrons. The third-order valence-corrected chi connectivity index (χ3v) is 5.87. The minimum Gasteiger partial charge on any atom is -0.487 e. The van der Waals surface area contributed by atoms with E-state index in [0.717, 1.165) is 54.2 Å². The number of amides is 1. The van der Waals surface area contributed by atoms with E-state index in [9.17, 15) is 4.79 Å². The Morgan fingerprint density at radius 3 is 2.73 bits per heavy atom. The summed E-state index contributed by atoms with van der Waals surface area (Å²) in [6.07, 6.45) is 0.575. The van der Waals surface area contributed by atoms with Crippen molar-refractivity contribution in [2.45, 2.75) is 32.7 Å². The first-order valence-electron chi connectivity index (χ1n) is 10.6. The van der Waals surface area contributed by atoms with Crippen molar-refractivity contribution in [1.82, 2.24) is 4.90 Å². The first-order valence-corrected chi connectivity index (χ1v) is 10.6. The standard InChI is InChI=1S/C24H27N3O3/c1-15-12-27(13-16(2)30-15)10-9-25-18-7-8-19-17(11-18)14-29-23(19)22-20-5-3-4-6-21(20)26-24(22)28/h3-8,11,15-16,25H,9-10,12-14H2,1-2H3,(H,26,28)/b23-22+. The first-order chi connectivity index (χ1) is 14.6. The molecule has 3 aliphatic rings. The second-order valence-corrected chi connectivity index (χ2v) is 8.31. The van der Waals surface area contributed by atoms with Gasteiger partial charge in [-0.25, -0.2) is 0 Å². The highest BCUT2D eigenvalue weighted by molar-refractivity contribution is 6.36. The molecule has 6 heteroatoms. The van der Waals surface area contributed by atoms with Gasteiger partial charge in [-0.05, 0) is 38.1 Å². The maximum atomic E-state index is 12.6. The summed E-state index contributed by atoms with van der Waals surface area (Å²) >= 11 is 0. The van der Waals surface area contributed by atoms with Crippen LogP contribution in [0.3, 0.4) is 0 Å². The molecule has 1 saturated heterocycles. The molecular weight excluding hydrogens is 378 g/mol. The molecule has 3 aliphatic heterocycles. The largest absolute Gasteiger partial charge is 0.487 e. The fourth-order valence-corrected chi connectivity index (χ4v) is 4.65. The molecule has 0 aromatic heterocycles. The molecule has 156 valence electrons. The number of carbonyl (C=O) groups excluding carboxylic acids is 1. The van der Waals surface area contributed by atoms with Crippen LogP contribution in [0.25, 0.3) is 11.3 Å². The van der Waals surface area contributed by atoms with Crippen molar-refractivity contribution in [2.24, 2.45) is 0 Å². The summed E-state index contributed by atoms with van der Waals surface area (Å²) < 4.78 is 11.8. The van der Waals surface area contributed by atoms with Crippen LogP contribution in [0.2, 0.25) is 0 Å². The Hall–Kier alpha value is -2.83. The van der Waals surface area contributed by atoms with Crippen molar-refractivity contribution < 1.29 is 14.3 Å². The van der Waals surface area contributed by atoms with Gasteiger partial charge in [0.1, 0.15) is 12.4 Å². The summed E-state index contributed by atoms with van der Waals surface area (Å²) in [5.74, 6) is 0.575. The van der Waals surface area contributed by atoms with E-state index in [-0.39, 0.29) is 18.1 Å². The van der Waals surface area contributed by atoms with Crippen molar-refractivity contribution in [3.8, 4) is 0 Å². The summed E-state index contributed by atoms with van der Waals surface area (Å²) in [5.41, 5.74) is 5.55. The molecule has 6 nitrogen and oxygen atoms in total. The molecule has 2 unspecified atom stereocenters. The number of para-hydroxylation sites is 1. The van der Waals surface area contributed by atoms with Gasteiger partial charge in [0.05, 0.1) is 17.8 Å². The molecule has 0 bridgehead atoms. The van der Waals surface area contributed by atoms with E-state index in [4.69, 9.17) is 9.47 Å². The number of hydrogen-bond acceptors (Lipinski definition) is 5. The van der Waals surface area contributed by atoms with Crippen molar-refractivity contribution in [1.29, 1.82) is 0 Å². The number of hydrogen-bond donors (Lipinski definition) is 2. The second kappa shape index (κ2) is 7.78. The molecule has 0 aliphatic carbocycles. The number of benzene rings is 2. The van der Waals surface area contributed by atoms with Crippen LogP contribution in [0.5, 0.6) is 0 Å². The van der Waals surface area contributed by atoms with E-state index in [2.05, 4.69) is 47.6 Å². The van der Waals surface area contributed by atoms with Gasteiger partial charge in [-0.15, -0.1) is 0 Å². The zero-order valence-corrected chi connectivity index (χ0v) is 17.4.